The molecule has 25 heavy (non-hydrogen) atoms. The van der Waals surface area contributed by atoms with Gasteiger partial charge in [-0.15, -0.1) is 0 Å². The van der Waals surface area contributed by atoms with Crippen molar-refractivity contribution in [2.75, 3.05) is 6.54 Å². The van der Waals surface area contributed by atoms with Gasteiger partial charge in [-0.05, 0) is 43.5 Å². The molecule has 1 aromatic carbocycles. The number of nitrogens with one attached hydrogen (secondary N) is 1. The number of carbonyl (C=O) groups excluding carboxylic acids is 1. The Labute approximate surface area is 144 Å². The quantitative estimate of drug-likeness (QED) is 0.772. The van der Waals surface area contributed by atoms with E-state index in [4.69, 9.17) is 0 Å². The number of aryl methyl sites for hydroxylation is 1. The average molecular weight is 344 g/mol. The number of halogens is 1. The van der Waals surface area contributed by atoms with E-state index in [-0.39, 0.29) is 23.8 Å². The van der Waals surface area contributed by atoms with E-state index < -0.39 is 0 Å². The van der Waals surface area contributed by atoms with Crippen molar-refractivity contribution in [3.63, 3.8) is 0 Å². The molecule has 6 nitrogen and oxygen atoms in total. The van der Waals surface area contributed by atoms with Crippen LogP contribution in [0, 0.1) is 18.7 Å². The standard InChI is InChI=1S/C18H21FN4O2/c1-11(2)6-7-20-17(24)10-22-18(25)16-9-13-8-14(19)4-5-15(13)23(16)12(3)21-22/h4-5,8-9,11H,6-7,10H2,1-3H3,(H,20,24). The van der Waals surface area contributed by atoms with Crippen molar-refractivity contribution in [1.82, 2.24) is 19.5 Å². The number of nitrogens with zero attached hydrogens (tertiary/aromatic N) is 3. The van der Waals surface area contributed by atoms with Crippen LogP contribution in [-0.4, -0.2) is 26.6 Å². The fourth-order valence-electron chi connectivity index (χ4n) is 2.89. The molecule has 2 heterocycles. The van der Waals surface area contributed by atoms with E-state index in [0.29, 0.717) is 34.7 Å². The van der Waals surface area contributed by atoms with Crippen LogP contribution in [0.4, 0.5) is 4.39 Å². The van der Waals surface area contributed by atoms with Gasteiger partial charge < -0.3 is 5.32 Å². The number of hydrogen-bond acceptors (Lipinski definition) is 3. The summed E-state index contributed by atoms with van der Waals surface area (Å²) in [5.41, 5.74) is 0.719. The lowest BCUT2D eigenvalue weighted by Gasteiger charge is -2.10. The van der Waals surface area contributed by atoms with Crippen LogP contribution in [0.15, 0.2) is 29.1 Å². The lowest BCUT2D eigenvalue weighted by molar-refractivity contribution is -0.121. The van der Waals surface area contributed by atoms with Gasteiger partial charge in [0.1, 0.15) is 23.7 Å². The van der Waals surface area contributed by atoms with Crippen LogP contribution >= 0.6 is 0 Å². The lowest BCUT2D eigenvalue weighted by atomic mass is 10.1. The minimum atomic E-state index is -0.374. The second-order valence-electron chi connectivity index (χ2n) is 6.61. The molecule has 132 valence electrons. The normalized spacial score (nSPS) is 11.6. The summed E-state index contributed by atoms with van der Waals surface area (Å²) in [5, 5.41) is 7.66. The Bertz CT molecular complexity index is 1000. The molecule has 3 rings (SSSR count). The van der Waals surface area contributed by atoms with E-state index in [1.165, 1.54) is 12.1 Å². The first kappa shape index (κ1) is 17.1. The zero-order chi connectivity index (χ0) is 18.1. The van der Waals surface area contributed by atoms with E-state index in [2.05, 4.69) is 24.3 Å². The predicted molar refractivity (Wildman–Crippen MR) is 94.1 cm³/mol. The molecule has 0 aliphatic rings. The summed E-state index contributed by atoms with van der Waals surface area (Å²) in [5.74, 6) is 0.444. The van der Waals surface area contributed by atoms with E-state index in [9.17, 15) is 14.0 Å². The van der Waals surface area contributed by atoms with Gasteiger partial charge in [-0.1, -0.05) is 13.8 Å². The third-order valence-electron chi connectivity index (χ3n) is 4.14. The SMILES string of the molecule is Cc1nn(CC(=O)NCCC(C)C)c(=O)c2cc3cc(F)ccc3n12. The molecule has 1 amide bonds. The fourth-order valence-corrected chi connectivity index (χ4v) is 2.89. The van der Waals surface area contributed by atoms with Crippen LogP contribution in [0.2, 0.25) is 0 Å². The highest BCUT2D eigenvalue weighted by molar-refractivity contribution is 5.87. The van der Waals surface area contributed by atoms with Crippen molar-refractivity contribution >= 4 is 22.3 Å². The van der Waals surface area contributed by atoms with Gasteiger partial charge in [0.2, 0.25) is 5.91 Å². The summed E-state index contributed by atoms with van der Waals surface area (Å²) in [7, 11) is 0. The predicted octanol–water partition coefficient (Wildman–Crippen LogP) is 2.26. The lowest BCUT2D eigenvalue weighted by Crippen LogP contribution is -2.35. The van der Waals surface area contributed by atoms with E-state index >= 15 is 0 Å². The Kier molecular flexibility index (Phi) is 4.57. The molecule has 0 saturated heterocycles. The summed E-state index contributed by atoms with van der Waals surface area (Å²) in [6.07, 6.45) is 0.877. The molecule has 0 unspecified atom stereocenters. The molecule has 0 radical (unpaired) electrons. The highest BCUT2D eigenvalue weighted by Gasteiger charge is 2.14. The first-order valence-corrected chi connectivity index (χ1v) is 8.32. The van der Waals surface area contributed by atoms with Crippen LogP contribution in [-0.2, 0) is 11.3 Å². The molecule has 0 atom stereocenters. The smallest absolute Gasteiger partial charge is 0.291 e. The minimum absolute atomic E-state index is 0.135. The van der Waals surface area contributed by atoms with Gasteiger partial charge >= 0.3 is 0 Å². The molecule has 7 heteroatoms. The number of fused-ring (bicyclic) bond motifs is 3. The average Bonchev–Trinajstić information content (AvgIpc) is 2.91. The Morgan fingerprint density at radius 3 is 2.76 bits per heavy atom. The van der Waals surface area contributed by atoms with E-state index in [1.54, 1.807) is 23.5 Å². The first-order valence-electron chi connectivity index (χ1n) is 8.32. The highest BCUT2D eigenvalue weighted by atomic mass is 19.1. The Morgan fingerprint density at radius 1 is 1.28 bits per heavy atom. The summed E-state index contributed by atoms with van der Waals surface area (Å²) in [4.78, 5) is 24.7. The van der Waals surface area contributed by atoms with Gasteiger partial charge in [-0.2, -0.15) is 5.10 Å². The molecule has 0 aliphatic heterocycles. The number of aromatic nitrogens is 3. The first-order chi connectivity index (χ1) is 11.9. The van der Waals surface area contributed by atoms with Crippen molar-refractivity contribution in [2.45, 2.75) is 33.7 Å². The second kappa shape index (κ2) is 6.66. The maximum Gasteiger partial charge on any atom is 0.291 e. The second-order valence-corrected chi connectivity index (χ2v) is 6.61. The number of amides is 1. The zero-order valence-electron chi connectivity index (χ0n) is 14.5. The highest BCUT2D eigenvalue weighted by Crippen LogP contribution is 2.20. The van der Waals surface area contributed by atoms with Gasteiger partial charge in [0.15, 0.2) is 0 Å². The molecule has 0 bridgehead atoms. The molecular formula is C18H21FN4O2. The molecule has 0 aliphatic carbocycles. The third-order valence-corrected chi connectivity index (χ3v) is 4.14. The summed E-state index contributed by atoms with van der Waals surface area (Å²) >= 11 is 0. The fraction of sp³-hybridized carbons (Fsp3) is 0.389. The molecule has 3 aromatic rings. The van der Waals surface area contributed by atoms with Crippen molar-refractivity contribution < 1.29 is 9.18 Å². The maximum atomic E-state index is 13.4. The van der Waals surface area contributed by atoms with Crippen molar-refractivity contribution in [3.05, 3.63) is 46.3 Å². The van der Waals surface area contributed by atoms with Crippen LogP contribution in [0.1, 0.15) is 26.1 Å². The van der Waals surface area contributed by atoms with Crippen LogP contribution in [0.25, 0.3) is 16.4 Å². The number of benzene rings is 1. The topological polar surface area (TPSA) is 68.4 Å². The van der Waals surface area contributed by atoms with Crippen molar-refractivity contribution in [3.8, 4) is 0 Å². The minimum Gasteiger partial charge on any atom is -0.354 e. The number of carbonyl (C=O) groups is 1. The molecule has 1 N–H and O–H groups in total. The van der Waals surface area contributed by atoms with E-state index in [1.807, 2.05) is 0 Å². The van der Waals surface area contributed by atoms with E-state index in [0.717, 1.165) is 11.1 Å². The summed E-state index contributed by atoms with van der Waals surface area (Å²) < 4.78 is 16.3. The molecular weight excluding hydrogens is 323 g/mol. The van der Waals surface area contributed by atoms with Gasteiger partial charge in [-0.25, -0.2) is 9.07 Å². The monoisotopic (exact) mass is 344 g/mol. The largest absolute Gasteiger partial charge is 0.354 e. The summed E-state index contributed by atoms with van der Waals surface area (Å²) in [6, 6.07) is 5.98. The molecule has 0 spiro atoms. The van der Waals surface area contributed by atoms with Crippen molar-refractivity contribution in [2.24, 2.45) is 5.92 Å². The molecule has 0 fully saturated rings. The molecule has 0 saturated carbocycles. The Morgan fingerprint density at radius 2 is 2.04 bits per heavy atom. The maximum absolute atomic E-state index is 13.4. The van der Waals surface area contributed by atoms with Gasteiger partial charge in [-0.3, -0.25) is 14.0 Å². The Balaban J connectivity index is 1.95. The van der Waals surface area contributed by atoms with Gasteiger partial charge in [0, 0.05) is 11.9 Å². The van der Waals surface area contributed by atoms with Crippen LogP contribution < -0.4 is 10.9 Å². The molecule has 2 aromatic heterocycles. The van der Waals surface area contributed by atoms with Crippen LogP contribution in [0.3, 0.4) is 0 Å². The van der Waals surface area contributed by atoms with Crippen molar-refractivity contribution in [1.29, 1.82) is 0 Å². The summed E-state index contributed by atoms with van der Waals surface area (Å²) in [6.45, 7) is 6.35. The van der Waals surface area contributed by atoms with Gasteiger partial charge in [0.25, 0.3) is 5.56 Å². The number of rotatable bonds is 5. The number of hydrogen-bond donors (Lipinski definition) is 1. The van der Waals surface area contributed by atoms with Gasteiger partial charge in [0.05, 0.1) is 5.52 Å². The zero-order valence-corrected chi connectivity index (χ0v) is 14.5. The van der Waals surface area contributed by atoms with Crippen LogP contribution in [0.5, 0.6) is 0 Å². The Hall–Kier alpha value is -2.70. The third kappa shape index (κ3) is 3.40.